The molecule has 0 atom stereocenters. The van der Waals surface area contributed by atoms with E-state index in [1.54, 1.807) is 12.1 Å². The van der Waals surface area contributed by atoms with E-state index in [0.717, 1.165) is 38.5 Å². The molecule has 7 heteroatoms. The minimum atomic E-state index is -3.56. The van der Waals surface area contributed by atoms with Gasteiger partial charge in [0.1, 0.15) is 0 Å². The summed E-state index contributed by atoms with van der Waals surface area (Å²) in [6, 6.07) is 6.20. The lowest BCUT2D eigenvalue weighted by molar-refractivity contribution is 0.0903. The van der Waals surface area contributed by atoms with Crippen LogP contribution in [0.15, 0.2) is 29.2 Å². The van der Waals surface area contributed by atoms with Crippen molar-refractivity contribution in [2.75, 3.05) is 6.54 Å². The predicted octanol–water partition coefficient (Wildman–Crippen LogP) is 1.13. The fraction of sp³-hybridized carbons (Fsp3) is 0.562. The zero-order valence-corrected chi connectivity index (χ0v) is 13.9. The Morgan fingerprint density at radius 3 is 2.57 bits per heavy atom. The summed E-state index contributed by atoms with van der Waals surface area (Å²) in [4.78, 5) is 12.6. The number of benzene rings is 1. The summed E-state index contributed by atoms with van der Waals surface area (Å²) in [6.45, 7) is 0.403. The zero-order valence-electron chi connectivity index (χ0n) is 13.0. The number of hydrogen-bond donors (Lipinski definition) is 3. The fourth-order valence-corrected chi connectivity index (χ4v) is 4.39. The van der Waals surface area contributed by atoms with Gasteiger partial charge in [-0.3, -0.25) is 4.79 Å². The second kappa shape index (κ2) is 6.22. The lowest BCUT2D eigenvalue weighted by atomic mass is 9.97. The van der Waals surface area contributed by atoms with Crippen molar-refractivity contribution in [1.29, 1.82) is 0 Å². The second-order valence-electron chi connectivity index (χ2n) is 6.57. The van der Waals surface area contributed by atoms with Crippen molar-refractivity contribution in [3.05, 3.63) is 29.8 Å². The largest absolute Gasteiger partial charge is 0.345 e. The molecule has 0 unspecified atom stereocenters. The Kier molecular flexibility index (Phi) is 4.44. The van der Waals surface area contributed by atoms with E-state index in [-0.39, 0.29) is 22.4 Å². The van der Waals surface area contributed by atoms with E-state index in [2.05, 4.69) is 10.0 Å². The molecule has 1 aromatic rings. The standard InChI is InChI=1S/C16H23N3O3S/c17-11-16(8-1-2-9-16)18-15(20)12-4-3-5-14(10-12)23(21,22)19-13-6-7-13/h3-5,10,13,19H,1-2,6-9,11,17H2,(H,18,20). The molecular weight excluding hydrogens is 314 g/mol. The highest BCUT2D eigenvalue weighted by Gasteiger charge is 2.34. The highest BCUT2D eigenvalue weighted by molar-refractivity contribution is 7.89. The van der Waals surface area contributed by atoms with E-state index in [1.807, 2.05) is 0 Å². The molecule has 0 radical (unpaired) electrons. The SMILES string of the molecule is NCC1(NC(=O)c2cccc(S(=O)(=O)NC3CC3)c2)CCCC1. The van der Waals surface area contributed by atoms with E-state index < -0.39 is 10.0 Å². The summed E-state index contributed by atoms with van der Waals surface area (Å²) in [5.74, 6) is -0.263. The molecule has 0 aliphatic heterocycles. The molecule has 1 amide bonds. The van der Waals surface area contributed by atoms with Gasteiger partial charge in [-0.25, -0.2) is 13.1 Å². The smallest absolute Gasteiger partial charge is 0.251 e. The van der Waals surface area contributed by atoms with E-state index in [1.165, 1.54) is 12.1 Å². The van der Waals surface area contributed by atoms with Crippen LogP contribution in [-0.2, 0) is 10.0 Å². The van der Waals surface area contributed by atoms with Crippen LogP contribution in [0.3, 0.4) is 0 Å². The van der Waals surface area contributed by atoms with Gasteiger partial charge in [-0.1, -0.05) is 18.9 Å². The first kappa shape index (κ1) is 16.4. The van der Waals surface area contributed by atoms with Crippen LogP contribution in [0, 0.1) is 0 Å². The minimum absolute atomic E-state index is 0.0384. The van der Waals surface area contributed by atoms with Crippen molar-refractivity contribution in [3.8, 4) is 0 Å². The number of hydrogen-bond acceptors (Lipinski definition) is 4. The average molecular weight is 337 g/mol. The quantitative estimate of drug-likeness (QED) is 0.724. The third-order valence-corrected chi connectivity index (χ3v) is 6.15. The summed E-state index contributed by atoms with van der Waals surface area (Å²) in [5.41, 5.74) is 5.84. The number of rotatable bonds is 6. The molecule has 3 rings (SSSR count). The maximum Gasteiger partial charge on any atom is 0.251 e. The van der Waals surface area contributed by atoms with Gasteiger partial charge in [0, 0.05) is 18.2 Å². The maximum absolute atomic E-state index is 12.5. The Morgan fingerprint density at radius 2 is 1.96 bits per heavy atom. The molecule has 2 aliphatic rings. The van der Waals surface area contributed by atoms with Gasteiger partial charge in [0.25, 0.3) is 5.91 Å². The van der Waals surface area contributed by atoms with Gasteiger partial charge in [0.05, 0.1) is 10.4 Å². The minimum Gasteiger partial charge on any atom is -0.345 e. The number of carbonyl (C=O) groups excluding carboxylic acids is 1. The molecule has 0 aromatic heterocycles. The average Bonchev–Trinajstić information content (AvgIpc) is 3.22. The van der Waals surface area contributed by atoms with Crippen molar-refractivity contribution in [1.82, 2.24) is 10.0 Å². The van der Waals surface area contributed by atoms with Crippen molar-refractivity contribution >= 4 is 15.9 Å². The third-order valence-electron chi connectivity index (χ3n) is 4.64. The van der Waals surface area contributed by atoms with Crippen LogP contribution < -0.4 is 15.8 Å². The van der Waals surface area contributed by atoms with Crippen LogP contribution in [0.1, 0.15) is 48.9 Å². The number of amides is 1. The van der Waals surface area contributed by atoms with Gasteiger partial charge in [0.15, 0.2) is 0 Å². The molecule has 0 heterocycles. The predicted molar refractivity (Wildman–Crippen MR) is 87.5 cm³/mol. The van der Waals surface area contributed by atoms with Crippen LogP contribution in [0.5, 0.6) is 0 Å². The van der Waals surface area contributed by atoms with Gasteiger partial charge < -0.3 is 11.1 Å². The van der Waals surface area contributed by atoms with Crippen molar-refractivity contribution in [3.63, 3.8) is 0 Å². The highest BCUT2D eigenvalue weighted by atomic mass is 32.2. The number of carbonyl (C=O) groups is 1. The van der Waals surface area contributed by atoms with E-state index >= 15 is 0 Å². The van der Waals surface area contributed by atoms with Crippen LogP contribution in [0.4, 0.5) is 0 Å². The van der Waals surface area contributed by atoms with Crippen molar-refractivity contribution < 1.29 is 13.2 Å². The summed E-state index contributed by atoms with van der Waals surface area (Å²) >= 11 is 0. The Bertz CT molecular complexity index is 692. The first-order valence-electron chi connectivity index (χ1n) is 8.09. The van der Waals surface area contributed by atoms with Gasteiger partial charge >= 0.3 is 0 Å². The van der Waals surface area contributed by atoms with Gasteiger partial charge in [-0.2, -0.15) is 0 Å². The molecule has 23 heavy (non-hydrogen) atoms. The van der Waals surface area contributed by atoms with Crippen molar-refractivity contribution in [2.24, 2.45) is 5.73 Å². The van der Waals surface area contributed by atoms with Crippen molar-refractivity contribution in [2.45, 2.75) is 55.0 Å². The Hall–Kier alpha value is -1.44. The highest BCUT2D eigenvalue weighted by Crippen LogP contribution is 2.29. The zero-order chi connectivity index (χ0) is 16.5. The molecule has 126 valence electrons. The van der Waals surface area contributed by atoms with Crippen LogP contribution in [-0.4, -0.2) is 32.5 Å². The number of sulfonamides is 1. The van der Waals surface area contributed by atoms with Crippen LogP contribution >= 0.6 is 0 Å². The molecule has 4 N–H and O–H groups in total. The summed E-state index contributed by atoms with van der Waals surface area (Å²) in [5, 5.41) is 3.01. The molecule has 2 fully saturated rings. The molecule has 0 saturated heterocycles. The van der Waals surface area contributed by atoms with Gasteiger partial charge in [-0.15, -0.1) is 0 Å². The molecule has 0 bridgehead atoms. The van der Waals surface area contributed by atoms with Crippen LogP contribution in [0.25, 0.3) is 0 Å². The van der Waals surface area contributed by atoms with Gasteiger partial charge in [0.2, 0.25) is 10.0 Å². The third kappa shape index (κ3) is 3.73. The topological polar surface area (TPSA) is 101 Å². The molecule has 6 nitrogen and oxygen atoms in total. The first-order valence-corrected chi connectivity index (χ1v) is 9.57. The first-order chi connectivity index (χ1) is 10.9. The monoisotopic (exact) mass is 337 g/mol. The number of nitrogens with one attached hydrogen (secondary N) is 2. The molecule has 1 aromatic carbocycles. The molecule has 0 spiro atoms. The fourth-order valence-electron chi connectivity index (χ4n) is 3.04. The lowest BCUT2D eigenvalue weighted by Crippen LogP contribution is -2.51. The summed E-state index contributed by atoms with van der Waals surface area (Å²) in [7, 11) is -3.56. The van der Waals surface area contributed by atoms with Crippen LogP contribution in [0.2, 0.25) is 0 Å². The Labute approximate surface area is 136 Å². The normalized spacial score (nSPS) is 20.4. The van der Waals surface area contributed by atoms with Gasteiger partial charge in [-0.05, 0) is 43.9 Å². The van der Waals surface area contributed by atoms with E-state index in [4.69, 9.17) is 5.73 Å². The van der Waals surface area contributed by atoms with E-state index in [9.17, 15) is 13.2 Å². The van der Waals surface area contributed by atoms with E-state index in [0.29, 0.717) is 12.1 Å². The molecular formula is C16H23N3O3S. The molecule has 2 saturated carbocycles. The lowest BCUT2D eigenvalue weighted by Gasteiger charge is -2.28. The Balaban J connectivity index is 1.77. The number of nitrogens with two attached hydrogens (primary N) is 1. The summed E-state index contributed by atoms with van der Waals surface area (Å²) < 4.78 is 27.1. The molecule has 2 aliphatic carbocycles. The second-order valence-corrected chi connectivity index (χ2v) is 8.28. The maximum atomic E-state index is 12.5. The summed E-state index contributed by atoms with van der Waals surface area (Å²) in [6.07, 6.45) is 5.60. The Morgan fingerprint density at radius 1 is 1.26 bits per heavy atom.